The van der Waals surface area contributed by atoms with Crippen LogP contribution in [0.2, 0.25) is 0 Å². The van der Waals surface area contributed by atoms with Crippen LogP contribution < -0.4 is 5.32 Å². The molecule has 2 unspecified atom stereocenters. The van der Waals surface area contributed by atoms with Crippen molar-refractivity contribution < 1.29 is 9.53 Å². The van der Waals surface area contributed by atoms with E-state index in [1.54, 1.807) is 0 Å². The van der Waals surface area contributed by atoms with E-state index < -0.39 is 0 Å². The zero-order valence-corrected chi connectivity index (χ0v) is 9.51. The molecule has 1 heterocycles. The molecule has 2 aliphatic rings. The van der Waals surface area contributed by atoms with Crippen molar-refractivity contribution in [3.8, 4) is 0 Å². The molecule has 3 heteroatoms. The first-order valence-electron chi connectivity index (χ1n) is 5.83. The van der Waals surface area contributed by atoms with E-state index in [9.17, 15) is 4.79 Å². The summed E-state index contributed by atoms with van der Waals surface area (Å²) in [6.07, 6.45) is 5.65. The van der Waals surface area contributed by atoms with Gasteiger partial charge in [-0.05, 0) is 33.1 Å². The van der Waals surface area contributed by atoms with Crippen molar-refractivity contribution in [2.45, 2.75) is 52.1 Å². The van der Waals surface area contributed by atoms with Gasteiger partial charge in [-0.25, -0.2) is 0 Å². The van der Waals surface area contributed by atoms with E-state index in [0.29, 0.717) is 0 Å². The van der Waals surface area contributed by atoms with Crippen LogP contribution in [-0.4, -0.2) is 12.0 Å². The Morgan fingerprint density at radius 1 is 1.20 bits per heavy atom. The molecule has 1 N–H and O–H groups in total. The first-order chi connectivity index (χ1) is 7.18. The van der Waals surface area contributed by atoms with Crippen LogP contribution in [0.25, 0.3) is 0 Å². The van der Waals surface area contributed by atoms with Crippen molar-refractivity contribution in [3.63, 3.8) is 0 Å². The topological polar surface area (TPSA) is 38.3 Å². The first-order valence-corrected chi connectivity index (χ1v) is 5.83. The molecule has 1 aliphatic carbocycles. The monoisotopic (exact) mass is 209 g/mol. The number of carbonyl (C=O) groups excluding carboxylic acids is 1. The maximum Gasteiger partial charge on any atom is 0.231 e. The molecule has 0 saturated heterocycles. The van der Waals surface area contributed by atoms with E-state index in [2.05, 4.69) is 5.32 Å². The highest BCUT2D eigenvalue weighted by Crippen LogP contribution is 2.30. The van der Waals surface area contributed by atoms with E-state index in [0.717, 1.165) is 30.7 Å². The molecule has 0 radical (unpaired) electrons. The van der Waals surface area contributed by atoms with E-state index in [4.69, 9.17) is 4.74 Å². The van der Waals surface area contributed by atoms with Crippen molar-refractivity contribution in [2.24, 2.45) is 5.92 Å². The number of amides is 1. The van der Waals surface area contributed by atoms with Gasteiger partial charge in [0.1, 0.15) is 11.9 Å². The molecule has 0 aromatic heterocycles. The van der Waals surface area contributed by atoms with Gasteiger partial charge in [0.25, 0.3) is 0 Å². The van der Waals surface area contributed by atoms with Crippen LogP contribution >= 0.6 is 0 Å². The Kier molecular flexibility index (Phi) is 2.98. The summed E-state index contributed by atoms with van der Waals surface area (Å²) in [6.45, 7) is 3.83. The molecule has 2 atom stereocenters. The second-order valence-electron chi connectivity index (χ2n) is 4.57. The maximum atomic E-state index is 11.9. The van der Waals surface area contributed by atoms with Gasteiger partial charge in [-0.1, -0.05) is 12.8 Å². The SMILES string of the molecule is CC1=C(C)OC2CCCCCC2C(=O)N1. The summed E-state index contributed by atoms with van der Waals surface area (Å²) in [7, 11) is 0. The lowest BCUT2D eigenvalue weighted by atomic mass is 9.96. The molecular formula is C12H19NO2. The Labute approximate surface area is 90.9 Å². The van der Waals surface area contributed by atoms with Gasteiger partial charge in [0, 0.05) is 0 Å². The molecule has 84 valence electrons. The Morgan fingerprint density at radius 2 is 1.93 bits per heavy atom. The predicted molar refractivity (Wildman–Crippen MR) is 58.0 cm³/mol. The molecule has 0 bridgehead atoms. The lowest BCUT2D eigenvalue weighted by molar-refractivity contribution is -0.127. The summed E-state index contributed by atoms with van der Waals surface area (Å²) in [5.41, 5.74) is 0.869. The van der Waals surface area contributed by atoms with Crippen LogP contribution in [0.4, 0.5) is 0 Å². The standard InChI is InChI=1S/C12H19NO2/c1-8-9(2)15-11-7-5-3-4-6-10(11)12(14)13-8/h10-11H,3-7H2,1-2H3,(H,13,14). The second-order valence-corrected chi connectivity index (χ2v) is 4.57. The molecular weight excluding hydrogens is 190 g/mol. The third-order valence-electron chi connectivity index (χ3n) is 3.46. The van der Waals surface area contributed by atoms with Gasteiger partial charge in [-0.2, -0.15) is 0 Å². The average Bonchev–Trinajstić information content (AvgIpc) is 2.46. The maximum absolute atomic E-state index is 11.9. The number of ether oxygens (including phenoxy) is 1. The van der Waals surface area contributed by atoms with Gasteiger partial charge in [-0.3, -0.25) is 4.79 Å². The van der Waals surface area contributed by atoms with Gasteiger partial charge in [0.05, 0.1) is 11.6 Å². The normalized spacial score (nSPS) is 32.3. The highest BCUT2D eigenvalue weighted by atomic mass is 16.5. The second kappa shape index (κ2) is 4.25. The molecule has 0 aromatic rings. The Bertz CT molecular complexity index is 296. The van der Waals surface area contributed by atoms with Crippen LogP contribution in [0.1, 0.15) is 46.0 Å². The number of carbonyl (C=O) groups is 1. The number of fused-ring (bicyclic) bond motifs is 1. The zero-order valence-electron chi connectivity index (χ0n) is 9.51. The van der Waals surface area contributed by atoms with Gasteiger partial charge in [-0.15, -0.1) is 0 Å². The quantitative estimate of drug-likeness (QED) is 0.665. The van der Waals surface area contributed by atoms with Crippen molar-refractivity contribution in [1.29, 1.82) is 0 Å². The van der Waals surface area contributed by atoms with Crippen LogP contribution in [-0.2, 0) is 9.53 Å². The summed E-state index contributed by atoms with van der Waals surface area (Å²) in [5, 5.41) is 2.93. The molecule has 2 rings (SSSR count). The fourth-order valence-electron chi connectivity index (χ4n) is 2.40. The molecule has 0 aromatic carbocycles. The van der Waals surface area contributed by atoms with Crippen LogP contribution in [0.15, 0.2) is 11.5 Å². The molecule has 0 spiro atoms. The number of allylic oxidation sites excluding steroid dienone is 2. The van der Waals surface area contributed by atoms with Crippen molar-refractivity contribution in [2.75, 3.05) is 0 Å². The van der Waals surface area contributed by atoms with E-state index in [1.165, 1.54) is 12.8 Å². The minimum absolute atomic E-state index is 0.0555. The van der Waals surface area contributed by atoms with Gasteiger partial charge in [0.15, 0.2) is 0 Å². The molecule has 1 saturated carbocycles. The Hall–Kier alpha value is -0.990. The average molecular weight is 209 g/mol. The summed E-state index contributed by atoms with van der Waals surface area (Å²) in [4.78, 5) is 11.9. The number of nitrogens with one attached hydrogen (secondary N) is 1. The number of hydrogen-bond acceptors (Lipinski definition) is 2. The summed E-state index contributed by atoms with van der Waals surface area (Å²) < 4.78 is 5.87. The minimum atomic E-state index is 0.0555. The summed E-state index contributed by atoms with van der Waals surface area (Å²) in [5.74, 6) is 1.08. The molecule has 1 fully saturated rings. The lowest BCUT2D eigenvalue weighted by Crippen LogP contribution is -2.34. The van der Waals surface area contributed by atoms with Gasteiger partial charge >= 0.3 is 0 Å². The summed E-state index contributed by atoms with van der Waals surface area (Å²) >= 11 is 0. The molecule has 1 aliphatic heterocycles. The van der Waals surface area contributed by atoms with Crippen molar-refractivity contribution in [1.82, 2.24) is 5.32 Å². The zero-order chi connectivity index (χ0) is 10.8. The first kappa shape index (κ1) is 10.5. The van der Waals surface area contributed by atoms with Crippen LogP contribution in [0.3, 0.4) is 0 Å². The third kappa shape index (κ3) is 2.16. The van der Waals surface area contributed by atoms with E-state index in [-0.39, 0.29) is 17.9 Å². The highest BCUT2D eigenvalue weighted by molar-refractivity contribution is 5.81. The fourth-order valence-corrected chi connectivity index (χ4v) is 2.40. The van der Waals surface area contributed by atoms with Gasteiger partial charge < -0.3 is 10.1 Å². The minimum Gasteiger partial charge on any atom is -0.492 e. The van der Waals surface area contributed by atoms with Crippen LogP contribution in [0.5, 0.6) is 0 Å². The van der Waals surface area contributed by atoms with Crippen molar-refractivity contribution >= 4 is 5.91 Å². The number of hydrogen-bond donors (Lipinski definition) is 1. The van der Waals surface area contributed by atoms with Crippen molar-refractivity contribution in [3.05, 3.63) is 11.5 Å². The van der Waals surface area contributed by atoms with E-state index >= 15 is 0 Å². The predicted octanol–water partition coefficient (Wildman–Crippen LogP) is 2.33. The Balaban J connectivity index is 2.21. The fraction of sp³-hybridized carbons (Fsp3) is 0.750. The molecule has 1 amide bonds. The molecule has 3 nitrogen and oxygen atoms in total. The third-order valence-corrected chi connectivity index (χ3v) is 3.46. The number of rotatable bonds is 0. The van der Waals surface area contributed by atoms with E-state index in [1.807, 2.05) is 13.8 Å². The van der Waals surface area contributed by atoms with Crippen LogP contribution in [0, 0.1) is 5.92 Å². The molecule has 15 heavy (non-hydrogen) atoms. The smallest absolute Gasteiger partial charge is 0.231 e. The highest BCUT2D eigenvalue weighted by Gasteiger charge is 2.33. The summed E-state index contributed by atoms with van der Waals surface area (Å²) in [6, 6.07) is 0. The lowest BCUT2D eigenvalue weighted by Gasteiger charge is -2.21. The Morgan fingerprint density at radius 3 is 2.73 bits per heavy atom. The van der Waals surface area contributed by atoms with Gasteiger partial charge in [0.2, 0.25) is 5.91 Å². The largest absolute Gasteiger partial charge is 0.492 e.